The van der Waals surface area contributed by atoms with Crippen molar-refractivity contribution in [2.45, 2.75) is 83.0 Å². The quantitative estimate of drug-likeness (QED) is 0.639. The predicted octanol–water partition coefficient (Wildman–Crippen LogP) is 1.54. The number of nitrogens with zero attached hydrogens (tertiary/aromatic N) is 3. The first-order chi connectivity index (χ1) is 14.1. The van der Waals surface area contributed by atoms with Gasteiger partial charge in [0.05, 0.1) is 7.11 Å². The lowest BCUT2D eigenvalue weighted by molar-refractivity contribution is -0.154. The summed E-state index contributed by atoms with van der Waals surface area (Å²) in [6.45, 7) is 6.81. The van der Waals surface area contributed by atoms with Crippen LogP contribution >= 0.6 is 0 Å². The maximum atomic E-state index is 13.3. The summed E-state index contributed by atoms with van der Waals surface area (Å²) in [7, 11) is 1.32. The second-order valence-corrected chi connectivity index (χ2v) is 9.23. The molecule has 3 aliphatic heterocycles. The van der Waals surface area contributed by atoms with Crippen LogP contribution in [0.5, 0.6) is 0 Å². The number of esters is 1. The second-order valence-electron chi connectivity index (χ2n) is 9.23. The van der Waals surface area contributed by atoms with E-state index in [0.717, 1.165) is 19.3 Å². The Bertz CT molecular complexity index is 703. The molecule has 3 amide bonds. The molecule has 0 bridgehead atoms. The van der Waals surface area contributed by atoms with Gasteiger partial charge in [0.2, 0.25) is 11.8 Å². The first-order valence-corrected chi connectivity index (χ1v) is 10.8. The Balaban J connectivity index is 1.71. The summed E-state index contributed by atoms with van der Waals surface area (Å²) in [5, 5.41) is 0. The van der Waals surface area contributed by atoms with E-state index in [1.807, 2.05) is 0 Å². The summed E-state index contributed by atoms with van der Waals surface area (Å²) in [4.78, 5) is 55.8. The van der Waals surface area contributed by atoms with E-state index >= 15 is 0 Å². The van der Waals surface area contributed by atoms with E-state index in [4.69, 9.17) is 9.47 Å². The van der Waals surface area contributed by atoms with Crippen molar-refractivity contribution in [2.75, 3.05) is 26.7 Å². The lowest BCUT2D eigenvalue weighted by Gasteiger charge is -2.34. The van der Waals surface area contributed by atoms with Crippen LogP contribution in [-0.4, -0.2) is 89.0 Å². The predicted molar refractivity (Wildman–Crippen MR) is 107 cm³/mol. The monoisotopic (exact) mass is 423 g/mol. The van der Waals surface area contributed by atoms with Gasteiger partial charge in [-0.3, -0.25) is 14.5 Å². The van der Waals surface area contributed by atoms with Crippen LogP contribution in [0.4, 0.5) is 4.79 Å². The molecule has 0 radical (unpaired) electrons. The van der Waals surface area contributed by atoms with E-state index < -0.39 is 35.8 Å². The Kier molecular flexibility index (Phi) is 6.57. The van der Waals surface area contributed by atoms with E-state index in [0.29, 0.717) is 38.9 Å². The topological polar surface area (TPSA) is 96.5 Å². The highest BCUT2D eigenvalue weighted by atomic mass is 16.6. The molecular formula is C21H33N3O6. The van der Waals surface area contributed by atoms with Gasteiger partial charge in [-0.05, 0) is 59.3 Å². The van der Waals surface area contributed by atoms with Gasteiger partial charge in [-0.2, -0.15) is 0 Å². The molecule has 0 saturated carbocycles. The van der Waals surface area contributed by atoms with Crippen molar-refractivity contribution in [3.8, 4) is 0 Å². The van der Waals surface area contributed by atoms with Crippen LogP contribution in [0, 0.1) is 0 Å². The van der Waals surface area contributed by atoms with Crippen molar-refractivity contribution in [3.05, 3.63) is 0 Å². The Hall–Kier alpha value is -2.32. The number of carbonyl (C=O) groups excluding carboxylic acids is 4. The van der Waals surface area contributed by atoms with Crippen molar-refractivity contribution < 1.29 is 28.7 Å². The summed E-state index contributed by atoms with van der Waals surface area (Å²) in [5.74, 6) is -0.817. The summed E-state index contributed by atoms with van der Waals surface area (Å²) >= 11 is 0. The second kappa shape index (κ2) is 8.81. The summed E-state index contributed by atoms with van der Waals surface area (Å²) in [5.41, 5.74) is -0.641. The highest BCUT2D eigenvalue weighted by Gasteiger charge is 2.46. The highest BCUT2D eigenvalue weighted by Crippen LogP contribution is 2.29. The largest absolute Gasteiger partial charge is 0.467 e. The number of methoxy groups -OCH3 is 1. The number of hydrogen-bond donors (Lipinski definition) is 0. The Morgan fingerprint density at radius 2 is 1.17 bits per heavy atom. The first-order valence-electron chi connectivity index (χ1n) is 10.8. The third-order valence-corrected chi connectivity index (χ3v) is 6.00. The van der Waals surface area contributed by atoms with Gasteiger partial charge in [0.1, 0.15) is 23.7 Å². The average Bonchev–Trinajstić information content (AvgIpc) is 3.44. The smallest absolute Gasteiger partial charge is 0.410 e. The zero-order valence-electron chi connectivity index (χ0n) is 18.4. The fourth-order valence-electron chi connectivity index (χ4n) is 4.64. The minimum absolute atomic E-state index is 0.199. The number of ether oxygens (including phenoxy) is 2. The van der Waals surface area contributed by atoms with Gasteiger partial charge in [0, 0.05) is 19.6 Å². The van der Waals surface area contributed by atoms with Crippen LogP contribution in [-0.2, 0) is 23.9 Å². The number of rotatable bonds is 3. The molecule has 3 aliphatic rings. The van der Waals surface area contributed by atoms with Crippen molar-refractivity contribution in [2.24, 2.45) is 0 Å². The molecule has 9 heteroatoms. The minimum atomic E-state index is -0.641. The highest BCUT2D eigenvalue weighted by molar-refractivity contribution is 5.94. The average molecular weight is 424 g/mol. The van der Waals surface area contributed by atoms with Crippen LogP contribution in [0.2, 0.25) is 0 Å². The maximum absolute atomic E-state index is 13.3. The summed E-state index contributed by atoms with van der Waals surface area (Å²) in [6, 6.07) is -1.78. The van der Waals surface area contributed by atoms with Gasteiger partial charge in [-0.15, -0.1) is 0 Å². The number of likely N-dealkylation sites (tertiary alicyclic amines) is 3. The third-order valence-electron chi connectivity index (χ3n) is 6.00. The summed E-state index contributed by atoms with van der Waals surface area (Å²) in [6.07, 6.45) is 3.38. The molecule has 0 aliphatic carbocycles. The molecule has 0 N–H and O–H groups in total. The van der Waals surface area contributed by atoms with Crippen molar-refractivity contribution in [1.82, 2.24) is 14.7 Å². The Morgan fingerprint density at radius 1 is 0.733 bits per heavy atom. The van der Waals surface area contributed by atoms with Gasteiger partial charge in [-0.25, -0.2) is 9.59 Å². The molecule has 0 aromatic rings. The van der Waals surface area contributed by atoms with E-state index in [1.54, 1.807) is 30.6 Å². The Morgan fingerprint density at radius 3 is 1.67 bits per heavy atom. The molecule has 3 rings (SSSR count). The fraction of sp³-hybridized carbons (Fsp3) is 0.810. The SMILES string of the molecule is COC(=O)[C@@H]1CCCN1C(=O)[C@H]1CCCN1C(=O)[C@@H]1CCCN1C(=O)OC(C)(C)C. The van der Waals surface area contributed by atoms with Gasteiger partial charge < -0.3 is 19.3 Å². The normalized spacial score (nSPS) is 26.8. The number of hydrogen-bond acceptors (Lipinski definition) is 6. The van der Waals surface area contributed by atoms with Crippen molar-refractivity contribution in [1.29, 1.82) is 0 Å². The van der Waals surface area contributed by atoms with Gasteiger partial charge >= 0.3 is 12.1 Å². The molecule has 30 heavy (non-hydrogen) atoms. The zero-order valence-corrected chi connectivity index (χ0v) is 18.4. The molecule has 0 aromatic carbocycles. The Labute approximate surface area is 177 Å². The van der Waals surface area contributed by atoms with E-state index in [-0.39, 0.29) is 11.8 Å². The lowest BCUT2D eigenvalue weighted by atomic mass is 10.1. The van der Waals surface area contributed by atoms with Crippen molar-refractivity contribution >= 4 is 23.9 Å². The third kappa shape index (κ3) is 4.54. The molecule has 3 heterocycles. The van der Waals surface area contributed by atoms with Gasteiger partial charge in [0.25, 0.3) is 0 Å². The van der Waals surface area contributed by atoms with Gasteiger partial charge in [-0.1, -0.05) is 0 Å². The van der Waals surface area contributed by atoms with Crippen LogP contribution in [0.3, 0.4) is 0 Å². The molecule has 0 aromatic heterocycles. The maximum Gasteiger partial charge on any atom is 0.410 e. The lowest BCUT2D eigenvalue weighted by Crippen LogP contribution is -2.55. The molecule has 0 unspecified atom stereocenters. The van der Waals surface area contributed by atoms with E-state index in [9.17, 15) is 19.2 Å². The van der Waals surface area contributed by atoms with Crippen LogP contribution in [0.25, 0.3) is 0 Å². The van der Waals surface area contributed by atoms with E-state index in [2.05, 4.69) is 0 Å². The number of carbonyl (C=O) groups is 4. The van der Waals surface area contributed by atoms with Crippen LogP contribution < -0.4 is 0 Å². The van der Waals surface area contributed by atoms with Crippen LogP contribution in [0.1, 0.15) is 59.3 Å². The van der Waals surface area contributed by atoms with Crippen LogP contribution in [0.15, 0.2) is 0 Å². The fourth-order valence-corrected chi connectivity index (χ4v) is 4.64. The number of amides is 3. The minimum Gasteiger partial charge on any atom is -0.467 e. The molecule has 0 spiro atoms. The molecule has 168 valence electrons. The standard InChI is InChI=1S/C21H33N3O6/c1-21(2,3)30-20(28)24-13-6-9-15(24)18(26)22-11-5-8-14(22)17(25)23-12-7-10-16(23)19(27)29-4/h14-16H,5-13H2,1-4H3/t14-,15+,16+/m1/s1. The first kappa shape index (κ1) is 22.4. The van der Waals surface area contributed by atoms with E-state index in [1.165, 1.54) is 12.0 Å². The molecule has 3 atom stereocenters. The molecular weight excluding hydrogens is 390 g/mol. The molecule has 9 nitrogen and oxygen atoms in total. The zero-order chi connectivity index (χ0) is 22.1. The van der Waals surface area contributed by atoms with Crippen molar-refractivity contribution in [3.63, 3.8) is 0 Å². The summed E-state index contributed by atoms with van der Waals surface area (Å²) < 4.78 is 10.3. The van der Waals surface area contributed by atoms with Gasteiger partial charge in [0.15, 0.2) is 0 Å². The molecule has 3 fully saturated rings. The molecule has 3 saturated heterocycles.